The van der Waals surface area contributed by atoms with Crippen LogP contribution >= 0.6 is 0 Å². The fourth-order valence-electron chi connectivity index (χ4n) is 1.11. The van der Waals surface area contributed by atoms with E-state index in [0.29, 0.717) is 0 Å². The van der Waals surface area contributed by atoms with Gasteiger partial charge < -0.3 is 5.11 Å². The summed E-state index contributed by atoms with van der Waals surface area (Å²) >= 11 is 0. The first-order valence-corrected chi connectivity index (χ1v) is 4.39. The topological polar surface area (TPSA) is 20.2 Å². The van der Waals surface area contributed by atoms with E-state index in [4.69, 9.17) is 6.42 Å². The highest BCUT2D eigenvalue weighted by Gasteiger charge is 2.17. The highest BCUT2D eigenvalue weighted by atomic mass is 16.3. The molecule has 0 aliphatic carbocycles. The van der Waals surface area contributed by atoms with Gasteiger partial charge >= 0.3 is 0 Å². The van der Waals surface area contributed by atoms with Crippen molar-refractivity contribution in [2.75, 3.05) is 0 Å². The summed E-state index contributed by atoms with van der Waals surface area (Å²) in [5, 5.41) is 9.76. The molecule has 0 spiro atoms. The maximum Gasteiger partial charge on any atom is 0.0623 e. The van der Waals surface area contributed by atoms with Crippen LogP contribution in [-0.4, -0.2) is 10.7 Å². The third-order valence-electron chi connectivity index (χ3n) is 1.92. The Hall–Kier alpha value is -0.740. The second kappa shape index (κ2) is 5.85. The zero-order valence-corrected chi connectivity index (χ0v) is 7.84. The molecule has 0 aliphatic heterocycles. The quantitative estimate of drug-likeness (QED) is 0.365. The van der Waals surface area contributed by atoms with Crippen molar-refractivity contribution in [1.82, 2.24) is 0 Å². The monoisotopic (exact) mass is 166 g/mol. The molecular formula is C11H18O. The van der Waals surface area contributed by atoms with Gasteiger partial charge in [0.1, 0.15) is 0 Å². The van der Waals surface area contributed by atoms with E-state index in [1.165, 1.54) is 0 Å². The van der Waals surface area contributed by atoms with E-state index in [-0.39, 0.29) is 0 Å². The average Bonchev–Trinajstić information content (AvgIpc) is 2.01. The van der Waals surface area contributed by atoms with Crippen LogP contribution in [0.3, 0.4) is 0 Å². The van der Waals surface area contributed by atoms with E-state index in [9.17, 15) is 5.11 Å². The lowest BCUT2D eigenvalue weighted by Gasteiger charge is -2.21. The van der Waals surface area contributed by atoms with Crippen LogP contribution in [-0.2, 0) is 0 Å². The molecule has 0 aromatic carbocycles. The van der Waals surface area contributed by atoms with Crippen LogP contribution in [0.4, 0.5) is 0 Å². The third-order valence-corrected chi connectivity index (χ3v) is 1.92. The van der Waals surface area contributed by atoms with Gasteiger partial charge in [0.15, 0.2) is 0 Å². The molecule has 1 unspecified atom stereocenters. The predicted octanol–water partition coefficient (Wildman–Crippen LogP) is 2.51. The van der Waals surface area contributed by atoms with Crippen LogP contribution in [0.15, 0.2) is 12.7 Å². The van der Waals surface area contributed by atoms with Crippen molar-refractivity contribution in [1.29, 1.82) is 0 Å². The van der Waals surface area contributed by atoms with Crippen LogP contribution in [0.25, 0.3) is 0 Å². The Balaban J connectivity index is 3.56. The molecule has 0 saturated carbocycles. The van der Waals surface area contributed by atoms with Crippen molar-refractivity contribution in [3.05, 3.63) is 12.7 Å². The fourth-order valence-corrected chi connectivity index (χ4v) is 1.11. The zero-order chi connectivity index (χ0) is 9.45. The molecule has 0 amide bonds. The molecule has 0 aliphatic rings. The first-order valence-electron chi connectivity index (χ1n) is 4.39. The summed E-state index contributed by atoms with van der Waals surface area (Å²) in [7, 11) is 0. The minimum Gasteiger partial charge on any atom is -0.390 e. The Morgan fingerprint density at radius 2 is 2.25 bits per heavy atom. The van der Waals surface area contributed by atoms with Gasteiger partial charge in [0.25, 0.3) is 0 Å². The molecule has 1 nitrogen and oxygen atoms in total. The van der Waals surface area contributed by atoms with E-state index in [1.54, 1.807) is 0 Å². The maximum absolute atomic E-state index is 9.76. The summed E-state index contributed by atoms with van der Waals surface area (Å²) in [4.78, 5) is 0. The van der Waals surface area contributed by atoms with E-state index in [0.717, 1.165) is 32.1 Å². The average molecular weight is 166 g/mol. The molecule has 0 bridgehead atoms. The van der Waals surface area contributed by atoms with Gasteiger partial charge in [-0.2, -0.15) is 0 Å². The lowest BCUT2D eigenvalue weighted by atomic mass is 9.94. The van der Waals surface area contributed by atoms with Crippen molar-refractivity contribution in [3.63, 3.8) is 0 Å². The Morgan fingerprint density at radius 3 is 2.75 bits per heavy atom. The van der Waals surface area contributed by atoms with Gasteiger partial charge in [-0.1, -0.05) is 6.08 Å². The molecular weight excluding hydrogens is 148 g/mol. The predicted molar refractivity (Wildman–Crippen MR) is 52.7 cm³/mol. The Kier molecular flexibility index (Phi) is 5.49. The van der Waals surface area contributed by atoms with Crippen molar-refractivity contribution in [2.45, 2.75) is 44.6 Å². The van der Waals surface area contributed by atoms with Gasteiger partial charge in [-0.05, 0) is 32.6 Å². The smallest absolute Gasteiger partial charge is 0.0623 e. The van der Waals surface area contributed by atoms with Gasteiger partial charge in [-0.25, -0.2) is 0 Å². The number of allylic oxidation sites excluding steroid dienone is 1. The number of terminal acetylenes is 1. The molecule has 1 atom stereocenters. The molecule has 0 saturated heterocycles. The zero-order valence-electron chi connectivity index (χ0n) is 7.84. The largest absolute Gasteiger partial charge is 0.390 e. The van der Waals surface area contributed by atoms with E-state index < -0.39 is 5.60 Å². The molecule has 1 N–H and O–H groups in total. The Bertz CT molecular complexity index is 162. The van der Waals surface area contributed by atoms with E-state index in [2.05, 4.69) is 12.5 Å². The summed E-state index contributed by atoms with van der Waals surface area (Å²) in [6, 6.07) is 0. The molecule has 0 rings (SSSR count). The SMILES string of the molecule is C#CCCCC(C)(O)CCC=C. The van der Waals surface area contributed by atoms with Crippen LogP contribution < -0.4 is 0 Å². The van der Waals surface area contributed by atoms with Crippen LogP contribution in [0.2, 0.25) is 0 Å². The molecule has 0 aromatic rings. The molecule has 0 radical (unpaired) electrons. The second-order valence-electron chi connectivity index (χ2n) is 3.38. The fraction of sp³-hybridized carbons (Fsp3) is 0.636. The van der Waals surface area contributed by atoms with Crippen LogP contribution in [0.5, 0.6) is 0 Å². The summed E-state index contributed by atoms with van der Waals surface area (Å²) in [5.41, 5.74) is -0.564. The normalized spacial score (nSPS) is 14.8. The molecule has 0 fully saturated rings. The first kappa shape index (κ1) is 11.3. The lowest BCUT2D eigenvalue weighted by molar-refractivity contribution is 0.0414. The first-order chi connectivity index (χ1) is 5.62. The number of hydrogen-bond acceptors (Lipinski definition) is 1. The van der Waals surface area contributed by atoms with Crippen molar-refractivity contribution < 1.29 is 5.11 Å². The second-order valence-corrected chi connectivity index (χ2v) is 3.38. The minimum atomic E-state index is -0.564. The maximum atomic E-state index is 9.76. The Labute approximate surface area is 75.5 Å². The lowest BCUT2D eigenvalue weighted by Crippen LogP contribution is -2.23. The molecule has 12 heavy (non-hydrogen) atoms. The van der Waals surface area contributed by atoms with Crippen LogP contribution in [0, 0.1) is 12.3 Å². The number of aliphatic hydroxyl groups is 1. The van der Waals surface area contributed by atoms with Crippen molar-refractivity contribution in [3.8, 4) is 12.3 Å². The van der Waals surface area contributed by atoms with Gasteiger partial charge in [-0.15, -0.1) is 18.9 Å². The summed E-state index contributed by atoms with van der Waals surface area (Å²) in [5.74, 6) is 2.57. The number of hydrogen-bond donors (Lipinski definition) is 1. The number of unbranched alkanes of at least 4 members (excludes halogenated alkanes) is 1. The number of rotatable bonds is 6. The molecule has 0 heterocycles. The Morgan fingerprint density at radius 1 is 1.58 bits per heavy atom. The van der Waals surface area contributed by atoms with Crippen LogP contribution in [0.1, 0.15) is 39.0 Å². The summed E-state index contributed by atoms with van der Waals surface area (Å²) < 4.78 is 0. The van der Waals surface area contributed by atoms with Gasteiger partial charge in [0, 0.05) is 6.42 Å². The van der Waals surface area contributed by atoms with Gasteiger partial charge in [-0.3, -0.25) is 0 Å². The standard InChI is InChI=1S/C11H18O/c1-4-6-8-10-11(3,12)9-7-5-2/h1,5,12H,2,6-10H2,3H3. The molecule has 1 heteroatoms. The van der Waals surface area contributed by atoms with E-state index >= 15 is 0 Å². The minimum absolute atomic E-state index is 0.564. The van der Waals surface area contributed by atoms with Crippen molar-refractivity contribution >= 4 is 0 Å². The molecule has 68 valence electrons. The van der Waals surface area contributed by atoms with E-state index in [1.807, 2.05) is 13.0 Å². The highest BCUT2D eigenvalue weighted by Crippen LogP contribution is 2.19. The summed E-state index contributed by atoms with van der Waals surface area (Å²) in [6.07, 6.45) is 11.0. The molecule has 0 aromatic heterocycles. The van der Waals surface area contributed by atoms with Crippen molar-refractivity contribution in [2.24, 2.45) is 0 Å². The van der Waals surface area contributed by atoms with Gasteiger partial charge in [0.05, 0.1) is 5.60 Å². The highest BCUT2D eigenvalue weighted by molar-refractivity contribution is 4.85. The summed E-state index contributed by atoms with van der Waals surface area (Å²) in [6.45, 7) is 5.47. The van der Waals surface area contributed by atoms with Gasteiger partial charge in [0.2, 0.25) is 0 Å². The third kappa shape index (κ3) is 6.00.